The topological polar surface area (TPSA) is 85.3 Å². The summed E-state index contributed by atoms with van der Waals surface area (Å²) in [5.74, 6) is 5.62. The number of hydrogen-bond acceptors (Lipinski definition) is 4. The first kappa shape index (κ1) is 14.2. The van der Waals surface area contributed by atoms with Gasteiger partial charge >= 0.3 is 0 Å². The quantitative estimate of drug-likeness (QED) is 0.436. The molecule has 6 heteroatoms. The van der Waals surface area contributed by atoms with Crippen LogP contribution in [0.15, 0.2) is 36.5 Å². The van der Waals surface area contributed by atoms with Crippen molar-refractivity contribution in [2.45, 2.75) is 20.3 Å². The third-order valence-electron chi connectivity index (χ3n) is 3.80. The van der Waals surface area contributed by atoms with Crippen molar-refractivity contribution in [3.63, 3.8) is 0 Å². The van der Waals surface area contributed by atoms with E-state index in [2.05, 4.69) is 47.7 Å². The molecule has 0 unspecified atom stereocenters. The molecule has 0 fully saturated rings. The molecular formula is C16H17N5O. The Kier molecular flexibility index (Phi) is 3.60. The lowest BCUT2D eigenvalue weighted by Crippen LogP contribution is -2.30. The van der Waals surface area contributed by atoms with Gasteiger partial charge in [0.05, 0.1) is 5.56 Å². The Hall–Kier alpha value is -2.73. The van der Waals surface area contributed by atoms with Crippen molar-refractivity contribution in [1.82, 2.24) is 20.0 Å². The standard InChI is InChI=1S/C16H17N5O/c1-10-3-4-12(7-11(10)2)8-15-20-19-14-6-5-13(9-21(14)15)16(22)18-17/h3-7,9H,8,17H2,1-2H3,(H,18,22). The molecule has 22 heavy (non-hydrogen) atoms. The lowest BCUT2D eigenvalue weighted by molar-refractivity contribution is 0.0953. The zero-order valence-corrected chi connectivity index (χ0v) is 12.5. The van der Waals surface area contributed by atoms with Gasteiger partial charge in [-0.2, -0.15) is 0 Å². The number of rotatable bonds is 3. The van der Waals surface area contributed by atoms with Gasteiger partial charge in [0.25, 0.3) is 5.91 Å². The van der Waals surface area contributed by atoms with E-state index in [1.54, 1.807) is 18.3 Å². The summed E-state index contributed by atoms with van der Waals surface area (Å²) in [4.78, 5) is 11.6. The van der Waals surface area contributed by atoms with Crippen LogP contribution < -0.4 is 11.3 Å². The van der Waals surface area contributed by atoms with E-state index in [4.69, 9.17) is 5.84 Å². The van der Waals surface area contributed by atoms with Gasteiger partial charge in [0.2, 0.25) is 0 Å². The highest BCUT2D eigenvalue weighted by molar-refractivity contribution is 5.93. The Bertz CT molecular complexity index is 853. The summed E-state index contributed by atoms with van der Waals surface area (Å²) in [7, 11) is 0. The van der Waals surface area contributed by atoms with Crippen molar-refractivity contribution in [2.75, 3.05) is 0 Å². The van der Waals surface area contributed by atoms with Crippen LogP contribution in [0.2, 0.25) is 0 Å². The zero-order valence-electron chi connectivity index (χ0n) is 12.5. The normalized spacial score (nSPS) is 10.9. The van der Waals surface area contributed by atoms with E-state index >= 15 is 0 Å². The van der Waals surface area contributed by atoms with E-state index in [9.17, 15) is 4.79 Å². The molecule has 0 saturated heterocycles. The van der Waals surface area contributed by atoms with Gasteiger partial charge in [-0.3, -0.25) is 14.6 Å². The number of carbonyl (C=O) groups is 1. The summed E-state index contributed by atoms with van der Waals surface area (Å²) in [5, 5.41) is 8.35. The summed E-state index contributed by atoms with van der Waals surface area (Å²) in [6, 6.07) is 9.75. The average Bonchev–Trinajstić information content (AvgIpc) is 2.92. The monoisotopic (exact) mass is 295 g/mol. The SMILES string of the molecule is Cc1ccc(Cc2nnc3ccc(C(=O)NN)cn23)cc1C. The minimum absolute atomic E-state index is 0.340. The van der Waals surface area contributed by atoms with Crippen LogP contribution in [0.5, 0.6) is 0 Å². The number of nitrogens with one attached hydrogen (secondary N) is 1. The van der Waals surface area contributed by atoms with Crippen LogP contribution in [0.3, 0.4) is 0 Å². The minimum atomic E-state index is -0.340. The predicted molar refractivity (Wildman–Crippen MR) is 83.4 cm³/mol. The van der Waals surface area contributed by atoms with Crippen LogP contribution in [0.1, 0.15) is 32.9 Å². The molecule has 0 bridgehead atoms. The molecular weight excluding hydrogens is 278 g/mol. The second kappa shape index (κ2) is 5.57. The number of carbonyl (C=O) groups excluding carboxylic acids is 1. The molecule has 0 aliphatic heterocycles. The number of benzene rings is 1. The molecule has 3 N–H and O–H groups in total. The number of aromatic nitrogens is 3. The molecule has 0 atom stereocenters. The highest BCUT2D eigenvalue weighted by atomic mass is 16.2. The van der Waals surface area contributed by atoms with Gasteiger partial charge in [-0.05, 0) is 42.7 Å². The molecule has 0 aliphatic rings. The van der Waals surface area contributed by atoms with Gasteiger partial charge in [0.15, 0.2) is 5.65 Å². The number of nitrogens with two attached hydrogens (primary N) is 1. The van der Waals surface area contributed by atoms with E-state index in [1.807, 2.05) is 4.40 Å². The fraction of sp³-hybridized carbons (Fsp3) is 0.188. The number of hydrazine groups is 1. The Labute approximate surface area is 127 Å². The second-order valence-corrected chi connectivity index (χ2v) is 5.33. The lowest BCUT2D eigenvalue weighted by atomic mass is 10.0. The maximum atomic E-state index is 11.6. The molecule has 0 aliphatic carbocycles. The molecule has 0 saturated carbocycles. The number of amides is 1. The van der Waals surface area contributed by atoms with Crippen LogP contribution in [-0.4, -0.2) is 20.5 Å². The number of hydrogen-bond donors (Lipinski definition) is 2. The number of nitrogen functional groups attached to an aromatic ring is 1. The van der Waals surface area contributed by atoms with Crippen molar-refractivity contribution in [1.29, 1.82) is 0 Å². The Morgan fingerprint density at radius 3 is 2.73 bits per heavy atom. The van der Waals surface area contributed by atoms with Gasteiger partial charge in [-0.15, -0.1) is 10.2 Å². The molecule has 112 valence electrons. The van der Waals surface area contributed by atoms with Crippen molar-refractivity contribution < 1.29 is 4.79 Å². The van der Waals surface area contributed by atoms with Crippen molar-refractivity contribution >= 4 is 11.6 Å². The van der Waals surface area contributed by atoms with Gasteiger partial charge in [0.1, 0.15) is 5.82 Å². The number of nitrogens with zero attached hydrogens (tertiary/aromatic N) is 3. The fourth-order valence-electron chi connectivity index (χ4n) is 2.37. The van der Waals surface area contributed by atoms with Gasteiger partial charge in [0, 0.05) is 12.6 Å². The summed E-state index contributed by atoms with van der Waals surface area (Å²) in [6.07, 6.45) is 2.35. The van der Waals surface area contributed by atoms with Gasteiger partial charge in [-0.25, -0.2) is 5.84 Å². The number of fused-ring (bicyclic) bond motifs is 1. The summed E-state index contributed by atoms with van der Waals surface area (Å²) >= 11 is 0. The highest BCUT2D eigenvalue weighted by Gasteiger charge is 2.10. The first-order chi connectivity index (χ1) is 10.6. The lowest BCUT2D eigenvalue weighted by Gasteiger charge is -2.05. The summed E-state index contributed by atoms with van der Waals surface area (Å²) < 4.78 is 1.82. The third-order valence-corrected chi connectivity index (χ3v) is 3.80. The molecule has 1 amide bonds. The molecule has 6 nitrogen and oxygen atoms in total. The zero-order chi connectivity index (χ0) is 15.7. The number of pyridine rings is 1. The second-order valence-electron chi connectivity index (χ2n) is 5.33. The maximum absolute atomic E-state index is 11.6. The van der Waals surface area contributed by atoms with Gasteiger partial charge in [-0.1, -0.05) is 18.2 Å². The summed E-state index contributed by atoms with van der Waals surface area (Å²) in [5.41, 5.74) is 6.96. The highest BCUT2D eigenvalue weighted by Crippen LogP contribution is 2.15. The van der Waals surface area contributed by atoms with E-state index in [-0.39, 0.29) is 5.91 Å². The number of aryl methyl sites for hydroxylation is 2. The molecule has 1 aromatic carbocycles. The molecule has 2 heterocycles. The van der Waals surface area contributed by atoms with Crippen LogP contribution in [0.4, 0.5) is 0 Å². The van der Waals surface area contributed by atoms with Crippen molar-refractivity contribution in [3.8, 4) is 0 Å². The Balaban J connectivity index is 1.99. The van der Waals surface area contributed by atoms with E-state index in [0.29, 0.717) is 17.6 Å². The van der Waals surface area contributed by atoms with Crippen LogP contribution >= 0.6 is 0 Å². The molecule has 3 rings (SSSR count). The van der Waals surface area contributed by atoms with Crippen LogP contribution in [-0.2, 0) is 6.42 Å². The van der Waals surface area contributed by atoms with E-state index in [1.165, 1.54) is 11.1 Å². The fourth-order valence-corrected chi connectivity index (χ4v) is 2.37. The van der Waals surface area contributed by atoms with E-state index in [0.717, 1.165) is 11.4 Å². The first-order valence-electron chi connectivity index (χ1n) is 6.99. The van der Waals surface area contributed by atoms with Crippen molar-refractivity contribution in [2.24, 2.45) is 5.84 Å². The first-order valence-corrected chi connectivity index (χ1v) is 6.99. The Morgan fingerprint density at radius 2 is 2.00 bits per heavy atom. The van der Waals surface area contributed by atoms with Gasteiger partial charge < -0.3 is 0 Å². The molecule has 0 radical (unpaired) electrons. The smallest absolute Gasteiger partial charge is 0.266 e. The summed E-state index contributed by atoms with van der Waals surface area (Å²) in [6.45, 7) is 4.17. The maximum Gasteiger partial charge on any atom is 0.266 e. The van der Waals surface area contributed by atoms with Crippen LogP contribution in [0.25, 0.3) is 5.65 Å². The minimum Gasteiger partial charge on any atom is -0.290 e. The largest absolute Gasteiger partial charge is 0.290 e. The third kappa shape index (κ3) is 2.56. The predicted octanol–water partition coefficient (Wildman–Crippen LogP) is 1.54. The van der Waals surface area contributed by atoms with Crippen LogP contribution in [0, 0.1) is 13.8 Å². The van der Waals surface area contributed by atoms with E-state index < -0.39 is 0 Å². The Morgan fingerprint density at radius 1 is 1.18 bits per heavy atom. The molecule has 2 aromatic heterocycles. The molecule has 0 spiro atoms. The molecule has 3 aromatic rings. The van der Waals surface area contributed by atoms with Crippen molar-refractivity contribution in [3.05, 3.63) is 64.6 Å². The average molecular weight is 295 g/mol.